The highest BCUT2D eigenvalue weighted by Crippen LogP contribution is 2.31. The van der Waals surface area contributed by atoms with Crippen LogP contribution in [-0.2, 0) is 19.1 Å². The molecule has 0 saturated heterocycles. The van der Waals surface area contributed by atoms with Gasteiger partial charge in [0.25, 0.3) is 0 Å². The predicted molar refractivity (Wildman–Crippen MR) is 135 cm³/mol. The lowest BCUT2D eigenvalue weighted by atomic mass is 9.84. The van der Waals surface area contributed by atoms with Crippen LogP contribution in [0.2, 0.25) is 0 Å². The molecule has 1 aromatic rings. The molecule has 182 valence electrons. The van der Waals surface area contributed by atoms with E-state index in [2.05, 4.69) is 38.3 Å². The van der Waals surface area contributed by atoms with Crippen molar-refractivity contribution in [2.24, 2.45) is 11.3 Å². The number of hydrogen-bond acceptors (Lipinski definition) is 5. The Bertz CT molecular complexity index is 890. The second kappa shape index (κ2) is 11.6. The Morgan fingerprint density at radius 2 is 1.85 bits per heavy atom. The number of nitrogens with zero attached hydrogens (tertiary/aromatic N) is 1. The quantitative estimate of drug-likeness (QED) is 0.311. The first kappa shape index (κ1) is 26.8. The zero-order valence-electron chi connectivity index (χ0n) is 20.8. The van der Waals surface area contributed by atoms with Gasteiger partial charge in [0.15, 0.2) is 5.11 Å². The fourth-order valence-corrected chi connectivity index (χ4v) is 4.31. The van der Waals surface area contributed by atoms with E-state index in [1.54, 1.807) is 12.0 Å². The molecule has 1 amide bonds. The number of esters is 1. The molecule has 1 aromatic carbocycles. The van der Waals surface area contributed by atoms with Crippen molar-refractivity contribution in [1.82, 2.24) is 10.2 Å². The van der Waals surface area contributed by atoms with Gasteiger partial charge in [-0.1, -0.05) is 39.8 Å². The number of anilines is 1. The molecular weight excluding hydrogens is 438 g/mol. The summed E-state index contributed by atoms with van der Waals surface area (Å²) in [6, 6.07) is 7.01. The molecule has 0 bridgehead atoms. The number of amides is 1. The lowest BCUT2D eigenvalue weighted by molar-refractivity contribution is -0.140. The molecule has 8 heteroatoms. The molecular formula is C25H37N3O4S. The Kier molecular flexibility index (Phi) is 9.43. The summed E-state index contributed by atoms with van der Waals surface area (Å²) in [7, 11) is 3.36. The van der Waals surface area contributed by atoms with E-state index in [-0.39, 0.29) is 17.9 Å². The monoisotopic (exact) mass is 475 g/mol. The van der Waals surface area contributed by atoms with Gasteiger partial charge in [-0.2, -0.15) is 0 Å². The lowest BCUT2D eigenvalue weighted by Gasteiger charge is -2.35. The van der Waals surface area contributed by atoms with Crippen molar-refractivity contribution in [1.29, 1.82) is 0 Å². The van der Waals surface area contributed by atoms with Crippen molar-refractivity contribution in [2.75, 3.05) is 32.7 Å². The van der Waals surface area contributed by atoms with Crippen LogP contribution >= 0.6 is 12.2 Å². The molecule has 2 unspecified atom stereocenters. The Morgan fingerprint density at radius 3 is 2.42 bits per heavy atom. The first-order chi connectivity index (χ1) is 15.4. The summed E-state index contributed by atoms with van der Waals surface area (Å²) in [5.74, 6) is -0.119. The number of thiocarbonyl (C=S) groups is 1. The van der Waals surface area contributed by atoms with E-state index in [4.69, 9.17) is 21.7 Å². The van der Waals surface area contributed by atoms with Crippen molar-refractivity contribution in [2.45, 2.75) is 53.5 Å². The zero-order chi connectivity index (χ0) is 24.8. The third-order valence-corrected chi connectivity index (χ3v) is 5.91. The van der Waals surface area contributed by atoms with E-state index in [1.807, 2.05) is 38.2 Å². The molecule has 0 aliphatic carbocycles. The maximum atomic E-state index is 12.8. The van der Waals surface area contributed by atoms with Gasteiger partial charge in [0.1, 0.15) is 6.61 Å². The molecule has 0 fully saturated rings. The maximum Gasteiger partial charge on any atom is 0.338 e. The van der Waals surface area contributed by atoms with Crippen LogP contribution in [0.3, 0.4) is 0 Å². The fraction of sp³-hybridized carbons (Fsp3) is 0.560. The van der Waals surface area contributed by atoms with Crippen LogP contribution in [-0.4, -0.2) is 49.3 Å². The van der Waals surface area contributed by atoms with Crippen LogP contribution in [0, 0.1) is 11.3 Å². The van der Waals surface area contributed by atoms with Gasteiger partial charge in [0.2, 0.25) is 5.91 Å². The van der Waals surface area contributed by atoms with Crippen molar-refractivity contribution >= 4 is 34.9 Å². The smallest absolute Gasteiger partial charge is 0.338 e. The van der Waals surface area contributed by atoms with Gasteiger partial charge in [-0.3, -0.25) is 4.79 Å². The molecule has 0 spiro atoms. The van der Waals surface area contributed by atoms with Gasteiger partial charge in [-0.25, -0.2) is 4.79 Å². The van der Waals surface area contributed by atoms with Crippen LogP contribution in [0.1, 0.15) is 59.1 Å². The number of hydrogen-bond donors (Lipinski definition) is 2. The largest absolute Gasteiger partial charge is 0.460 e. The highest BCUT2D eigenvalue weighted by Gasteiger charge is 2.33. The number of nitrogens with one attached hydrogen (secondary N) is 2. The maximum absolute atomic E-state index is 12.8. The number of carbonyl (C=O) groups excluding carboxylic acids is 2. The molecule has 2 N–H and O–H groups in total. The van der Waals surface area contributed by atoms with Crippen molar-refractivity contribution in [3.8, 4) is 0 Å². The van der Waals surface area contributed by atoms with Crippen molar-refractivity contribution in [3.05, 3.63) is 41.1 Å². The molecule has 2 atom stereocenters. The lowest BCUT2D eigenvalue weighted by Crippen LogP contribution is -2.46. The Hall–Kier alpha value is -2.45. The van der Waals surface area contributed by atoms with Crippen molar-refractivity contribution < 1.29 is 19.1 Å². The minimum atomic E-state index is -0.444. The van der Waals surface area contributed by atoms with Gasteiger partial charge in [-0.05, 0) is 54.6 Å². The number of allylic oxidation sites excluding steroid dienone is 1. The number of carbonyl (C=O) groups is 2. The highest BCUT2D eigenvalue weighted by molar-refractivity contribution is 7.80. The number of methoxy groups -OCH3 is 1. The number of benzene rings is 1. The molecule has 1 heterocycles. The van der Waals surface area contributed by atoms with E-state index >= 15 is 0 Å². The summed E-state index contributed by atoms with van der Waals surface area (Å²) in [6.45, 7) is 11.0. The summed E-state index contributed by atoms with van der Waals surface area (Å²) >= 11 is 5.44. The van der Waals surface area contributed by atoms with E-state index in [0.717, 1.165) is 17.7 Å². The standard InChI is InChI=1S/C25H37N3O4S/c1-16(15-25(3,4)5)14-20(29)26-19-10-8-18(9-11-19)22-21(23(30)32-13-12-31-7)17(2)28(6)24(33)27-22/h8-11,16,22H,12-15H2,1-7H3,(H,26,29)(H,27,33). The topological polar surface area (TPSA) is 79.9 Å². The first-order valence-electron chi connectivity index (χ1n) is 11.2. The normalized spacial score (nSPS) is 17.5. The molecule has 0 saturated carbocycles. The van der Waals surface area contributed by atoms with E-state index in [9.17, 15) is 9.59 Å². The van der Waals surface area contributed by atoms with Gasteiger partial charge in [0, 0.05) is 32.0 Å². The molecule has 33 heavy (non-hydrogen) atoms. The second-order valence-corrected chi connectivity index (χ2v) is 10.2. The Morgan fingerprint density at radius 1 is 1.21 bits per heavy atom. The molecule has 1 aliphatic heterocycles. The summed E-state index contributed by atoms with van der Waals surface area (Å²) in [6.07, 6.45) is 1.46. The van der Waals surface area contributed by atoms with Crippen LogP contribution in [0.5, 0.6) is 0 Å². The van der Waals surface area contributed by atoms with Crippen LogP contribution in [0.4, 0.5) is 5.69 Å². The zero-order valence-corrected chi connectivity index (χ0v) is 21.6. The van der Waals surface area contributed by atoms with E-state index in [1.165, 1.54) is 0 Å². The third kappa shape index (κ3) is 7.82. The summed E-state index contributed by atoms with van der Waals surface area (Å²) in [5.41, 5.74) is 2.98. The minimum Gasteiger partial charge on any atom is -0.460 e. The second-order valence-electron chi connectivity index (χ2n) is 9.81. The van der Waals surface area contributed by atoms with Gasteiger partial charge < -0.3 is 25.0 Å². The Balaban J connectivity index is 2.14. The van der Waals surface area contributed by atoms with E-state index < -0.39 is 12.0 Å². The molecule has 0 radical (unpaired) electrons. The number of rotatable bonds is 9. The van der Waals surface area contributed by atoms with Crippen molar-refractivity contribution in [3.63, 3.8) is 0 Å². The van der Waals surface area contributed by atoms with Crippen LogP contribution < -0.4 is 10.6 Å². The van der Waals surface area contributed by atoms with E-state index in [0.29, 0.717) is 35.3 Å². The third-order valence-electron chi connectivity index (χ3n) is 5.52. The predicted octanol–water partition coefficient (Wildman–Crippen LogP) is 4.41. The first-order valence-corrected chi connectivity index (χ1v) is 11.6. The number of ether oxygens (including phenoxy) is 2. The fourth-order valence-electron chi connectivity index (χ4n) is 4.05. The Labute approximate surface area is 202 Å². The van der Waals surface area contributed by atoms with Gasteiger partial charge >= 0.3 is 5.97 Å². The molecule has 7 nitrogen and oxygen atoms in total. The average Bonchev–Trinajstić information content (AvgIpc) is 2.70. The average molecular weight is 476 g/mol. The summed E-state index contributed by atoms with van der Waals surface area (Å²) < 4.78 is 10.4. The highest BCUT2D eigenvalue weighted by atomic mass is 32.1. The summed E-state index contributed by atoms with van der Waals surface area (Å²) in [5, 5.41) is 6.72. The molecule has 2 rings (SSSR count). The molecule has 0 aromatic heterocycles. The summed E-state index contributed by atoms with van der Waals surface area (Å²) in [4.78, 5) is 27.0. The SMILES string of the molecule is COCCOC(=O)C1=C(C)N(C)C(=S)NC1c1ccc(NC(=O)CC(C)CC(C)(C)C)cc1. The van der Waals surface area contributed by atoms with Crippen LogP contribution in [0.15, 0.2) is 35.5 Å². The minimum absolute atomic E-state index is 0.00348. The van der Waals surface area contributed by atoms with Gasteiger partial charge in [-0.15, -0.1) is 0 Å². The molecule has 1 aliphatic rings. The van der Waals surface area contributed by atoms with Crippen LogP contribution in [0.25, 0.3) is 0 Å². The van der Waals surface area contributed by atoms with Gasteiger partial charge in [0.05, 0.1) is 18.2 Å².